The van der Waals surface area contributed by atoms with Crippen LogP contribution in [0.1, 0.15) is 42.1 Å². The van der Waals surface area contributed by atoms with Crippen LogP contribution in [0.5, 0.6) is 0 Å². The van der Waals surface area contributed by atoms with Crippen LogP contribution in [0.2, 0.25) is 0 Å². The van der Waals surface area contributed by atoms with E-state index in [0.717, 1.165) is 29.6 Å². The van der Waals surface area contributed by atoms with Gasteiger partial charge in [0.25, 0.3) is 0 Å². The van der Waals surface area contributed by atoms with Crippen LogP contribution in [0.3, 0.4) is 0 Å². The molecule has 2 heterocycles. The summed E-state index contributed by atoms with van der Waals surface area (Å²) < 4.78 is 0. The largest absolute Gasteiger partial charge is 0.372 e. The summed E-state index contributed by atoms with van der Waals surface area (Å²) >= 11 is 1.70. The van der Waals surface area contributed by atoms with E-state index in [2.05, 4.69) is 62.1 Å². The third-order valence-electron chi connectivity index (χ3n) is 4.76. The number of guanidine groups is 1. The first-order valence-electron chi connectivity index (χ1n) is 9.39. The van der Waals surface area contributed by atoms with Gasteiger partial charge in [0.05, 0.1) is 16.7 Å². The van der Waals surface area contributed by atoms with Crippen molar-refractivity contribution >= 4 is 23.0 Å². The van der Waals surface area contributed by atoms with E-state index >= 15 is 0 Å². The molecular formula is C20H29N5S. The van der Waals surface area contributed by atoms with Crippen molar-refractivity contribution in [1.82, 2.24) is 15.6 Å². The number of thiazole rings is 1. The Hall–Kier alpha value is -2.08. The molecule has 0 saturated carbocycles. The Labute approximate surface area is 160 Å². The summed E-state index contributed by atoms with van der Waals surface area (Å²) in [7, 11) is 1.82. The van der Waals surface area contributed by atoms with Gasteiger partial charge in [0, 0.05) is 44.2 Å². The quantitative estimate of drug-likeness (QED) is 0.603. The number of anilines is 1. The summed E-state index contributed by atoms with van der Waals surface area (Å²) in [6.07, 6.45) is 3.50. The zero-order valence-corrected chi connectivity index (χ0v) is 16.8. The van der Waals surface area contributed by atoms with Gasteiger partial charge in [-0.15, -0.1) is 11.3 Å². The third-order valence-corrected chi connectivity index (χ3v) is 5.58. The fourth-order valence-corrected chi connectivity index (χ4v) is 3.93. The Kier molecular flexibility index (Phi) is 6.50. The summed E-state index contributed by atoms with van der Waals surface area (Å²) in [6.45, 7) is 7.39. The molecule has 1 aromatic heterocycles. The molecule has 1 unspecified atom stereocenters. The fourth-order valence-electron chi connectivity index (χ4n) is 3.28. The second-order valence-corrected chi connectivity index (χ2v) is 7.82. The molecule has 1 aliphatic heterocycles. The van der Waals surface area contributed by atoms with E-state index in [0.29, 0.717) is 0 Å². The van der Waals surface area contributed by atoms with Crippen LogP contribution in [-0.2, 0) is 6.42 Å². The molecule has 0 amide bonds. The SMILES string of the molecule is CN=C(NCCc1csc(C)n1)NC(C)c1cccc(N2CCCC2)c1. The van der Waals surface area contributed by atoms with E-state index in [1.165, 1.54) is 37.2 Å². The highest BCUT2D eigenvalue weighted by molar-refractivity contribution is 7.09. The van der Waals surface area contributed by atoms with Crippen LogP contribution >= 0.6 is 11.3 Å². The molecule has 0 radical (unpaired) electrons. The Bertz CT molecular complexity index is 733. The second kappa shape index (κ2) is 9.03. The Morgan fingerprint density at radius 2 is 2.15 bits per heavy atom. The van der Waals surface area contributed by atoms with Crippen molar-refractivity contribution in [3.8, 4) is 0 Å². The maximum Gasteiger partial charge on any atom is 0.191 e. The zero-order chi connectivity index (χ0) is 18.4. The summed E-state index contributed by atoms with van der Waals surface area (Å²) in [5, 5.41) is 10.1. The Balaban J connectivity index is 1.53. The average Bonchev–Trinajstić information content (AvgIpc) is 3.33. The van der Waals surface area contributed by atoms with Crippen LogP contribution in [0.25, 0.3) is 0 Å². The van der Waals surface area contributed by atoms with Gasteiger partial charge in [-0.25, -0.2) is 4.98 Å². The van der Waals surface area contributed by atoms with Crippen molar-refractivity contribution in [1.29, 1.82) is 0 Å². The normalized spacial score (nSPS) is 16.0. The highest BCUT2D eigenvalue weighted by Gasteiger charge is 2.14. The van der Waals surface area contributed by atoms with Gasteiger partial charge in [0.15, 0.2) is 5.96 Å². The van der Waals surface area contributed by atoms with Gasteiger partial charge in [0.2, 0.25) is 0 Å². The van der Waals surface area contributed by atoms with E-state index in [4.69, 9.17) is 0 Å². The number of nitrogens with zero attached hydrogens (tertiary/aromatic N) is 3. The molecule has 3 rings (SSSR count). The number of aryl methyl sites for hydroxylation is 1. The van der Waals surface area contributed by atoms with Gasteiger partial charge in [-0.1, -0.05) is 12.1 Å². The van der Waals surface area contributed by atoms with E-state index < -0.39 is 0 Å². The highest BCUT2D eigenvalue weighted by Crippen LogP contribution is 2.23. The van der Waals surface area contributed by atoms with Gasteiger partial charge in [-0.2, -0.15) is 0 Å². The predicted octanol–water partition coefficient (Wildman–Crippen LogP) is 3.52. The van der Waals surface area contributed by atoms with Crippen molar-refractivity contribution < 1.29 is 0 Å². The molecule has 2 N–H and O–H groups in total. The van der Waals surface area contributed by atoms with E-state index in [1.54, 1.807) is 11.3 Å². The monoisotopic (exact) mass is 371 g/mol. The maximum atomic E-state index is 4.50. The van der Waals surface area contributed by atoms with Crippen LogP contribution in [0.4, 0.5) is 5.69 Å². The van der Waals surface area contributed by atoms with Gasteiger partial charge in [0.1, 0.15) is 0 Å². The van der Waals surface area contributed by atoms with Crippen molar-refractivity contribution in [2.24, 2.45) is 4.99 Å². The topological polar surface area (TPSA) is 52.6 Å². The molecule has 6 heteroatoms. The summed E-state index contributed by atoms with van der Waals surface area (Å²) in [5.74, 6) is 0.830. The van der Waals surface area contributed by atoms with Crippen molar-refractivity contribution in [3.05, 3.63) is 45.9 Å². The molecule has 0 spiro atoms. The van der Waals surface area contributed by atoms with Crippen molar-refractivity contribution in [2.75, 3.05) is 31.6 Å². The summed E-state index contributed by atoms with van der Waals surface area (Å²) in [4.78, 5) is 11.3. The minimum absolute atomic E-state index is 0.199. The first kappa shape index (κ1) is 18.7. The summed E-state index contributed by atoms with van der Waals surface area (Å²) in [6, 6.07) is 9.05. The van der Waals surface area contributed by atoms with Crippen LogP contribution in [0.15, 0.2) is 34.6 Å². The molecule has 1 atom stereocenters. The third kappa shape index (κ3) is 4.97. The number of hydrogen-bond donors (Lipinski definition) is 2. The first-order chi connectivity index (χ1) is 12.7. The summed E-state index contributed by atoms with van der Waals surface area (Å²) in [5.41, 5.74) is 3.75. The molecule has 140 valence electrons. The van der Waals surface area contributed by atoms with Crippen LogP contribution in [0, 0.1) is 6.92 Å². The molecular weight excluding hydrogens is 342 g/mol. The molecule has 26 heavy (non-hydrogen) atoms. The van der Waals surface area contributed by atoms with Crippen LogP contribution < -0.4 is 15.5 Å². The lowest BCUT2D eigenvalue weighted by Gasteiger charge is -2.22. The molecule has 1 fully saturated rings. The zero-order valence-electron chi connectivity index (χ0n) is 16.0. The maximum absolute atomic E-state index is 4.50. The molecule has 2 aromatic rings. The Morgan fingerprint density at radius 3 is 2.85 bits per heavy atom. The highest BCUT2D eigenvalue weighted by atomic mass is 32.1. The van der Waals surface area contributed by atoms with Gasteiger partial charge in [-0.05, 0) is 44.4 Å². The number of rotatable bonds is 6. The fraction of sp³-hybridized carbons (Fsp3) is 0.500. The number of aromatic nitrogens is 1. The van der Waals surface area contributed by atoms with Gasteiger partial charge >= 0.3 is 0 Å². The van der Waals surface area contributed by atoms with E-state index in [-0.39, 0.29) is 6.04 Å². The van der Waals surface area contributed by atoms with E-state index in [9.17, 15) is 0 Å². The number of aliphatic imine (C=N–C) groups is 1. The van der Waals surface area contributed by atoms with Crippen LogP contribution in [-0.4, -0.2) is 37.6 Å². The minimum atomic E-state index is 0.199. The number of hydrogen-bond acceptors (Lipinski definition) is 4. The molecule has 5 nitrogen and oxygen atoms in total. The number of nitrogens with one attached hydrogen (secondary N) is 2. The lowest BCUT2D eigenvalue weighted by atomic mass is 10.1. The molecule has 1 aliphatic rings. The van der Waals surface area contributed by atoms with Crippen molar-refractivity contribution in [3.63, 3.8) is 0 Å². The molecule has 1 aromatic carbocycles. The minimum Gasteiger partial charge on any atom is -0.372 e. The van der Waals surface area contributed by atoms with E-state index in [1.807, 2.05) is 14.0 Å². The number of benzene rings is 1. The molecule has 1 saturated heterocycles. The second-order valence-electron chi connectivity index (χ2n) is 6.76. The predicted molar refractivity (Wildman–Crippen MR) is 111 cm³/mol. The Morgan fingerprint density at radius 1 is 1.35 bits per heavy atom. The lowest BCUT2D eigenvalue weighted by molar-refractivity contribution is 0.683. The average molecular weight is 372 g/mol. The van der Waals surface area contributed by atoms with Gasteiger partial charge < -0.3 is 15.5 Å². The van der Waals surface area contributed by atoms with Gasteiger partial charge in [-0.3, -0.25) is 4.99 Å². The molecule has 0 aliphatic carbocycles. The van der Waals surface area contributed by atoms with Crippen molar-refractivity contribution in [2.45, 2.75) is 39.2 Å². The molecule has 0 bridgehead atoms. The first-order valence-corrected chi connectivity index (χ1v) is 10.3. The lowest BCUT2D eigenvalue weighted by Crippen LogP contribution is -2.39. The standard InChI is InChI=1S/C20H29N5S/c1-15(17-7-6-8-19(13-17)25-11-4-5-12-25)23-20(21-3)22-10-9-18-14-26-16(2)24-18/h6-8,13-15H,4-5,9-12H2,1-3H3,(H2,21,22,23). The smallest absolute Gasteiger partial charge is 0.191 e.